The van der Waals surface area contributed by atoms with Crippen LogP contribution in [-0.2, 0) is 5.88 Å². The van der Waals surface area contributed by atoms with Crippen LogP contribution in [0.15, 0.2) is 18.2 Å². The molecule has 0 radical (unpaired) electrons. The highest BCUT2D eigenvalue weighted by Crippen LogP contribution is 2.40. The normalized spacial score (nSPS) is 22.7. The van der Waals surface area contributed by atoms with Crippen LogP contribution in [-0.4, -0.2) is 9.55 Å². The highest BCUT2D eigenvalue weighted by molar-refractivity contribution is 6.16. The van der Waals surface area contributed by atoms with Gasteiger partial charge in [-0.1, -0.05) is 13.0 Å². The van der Waals surface area contributed by atoms with Crippen molar-refractivity contribution < 1.29 is 0 Å². The average molecular weight is 260 g/mol. The molecule has 0 bridgehead atoms. The van der Waals surface area contributed by atoms with Crippen LogP contribution in [0.2, 0.25) is 0 Å². The summed E-state index contributed by atoms with van der Waals surface area (Å²) in [5.41, 5.74) is 2.46. The standard InChI is InChI=1S/C14H14ClN3/c1-9-5-11(6-9)18-12-4-2-3-10(8-16)14(12)17-13(18)7-15/h2-4,9,11H,5-7H2,1H3. The molecule has 0 aliphatic heterocycles. The predicted octanol–water partition coefficient (Wildman–Crippen LogP) is 3.62. The largest absolute Gasteiger partial charge is 0.324 e. The third kappa shape index (κ3) is 1.60. The van der Waals surface area contributed by atoms with Gasteiger partial charge in [0.2, 0.25) is 0 Å². The fourth-order valence-electron chi connectivity index (χ4n) is 2.83. The van der Waals surface area contributed by atoms with Crippen molar-refractivity contribution in [2.45, 2.75) is 31.7 Å². The fraction of sp³-hybridized carbons (Fsp3) is 0.429. The van der Waals surface area contributed by atoms with E-state index in [-0.39, 0.29) is 0 Å². The lowest BCUT2D eigenvalue weighted by Gasteiger charge is -2.35. The number of nitrogens with zero attached hydrogens (tertiary/aromatic N) is 3. The van der Waals surface area contributed by atoms with E-state index in [4.69, 9.17) is 16.9 Å². The zero-order valence-electron chi connectivity index (χ0n) is 10.2. The third-order valence-electron chi connectivity index (χ3n) is 3.75. The molecule has 18 heavy (non-hydrogen) atoms. The second-order valence-corrected chi connectivity index (χ2v) is 5.31. The van der Waals surface area contributed by atoms with Crippen molar-refractivity contribution in [3.63, 3.8) is 0 Å². The minimum atomic E-state index is 0.393. The van der Waals surface area contributed by atoms with Crippen molar-refractivity contribution in [2.24, 2.45) is 5.92 Å². The molecule has 0 spiro atoms. The Hall–Kier alpha value is -1.53. The minimum Gasteiger partial charge on any atom is -0.324 e. The number of hydrogen-bond donors (Lipinski definition) is 0. The molecule has 1 aliphatic carbocycles. The highest BCUT2D eigenvalue weighted by atomic mass is 35.5. The van der Waals surface area contributed by atoms with Crippen LogP contribution < -0.4 is 0 Å². The van der Waals surface area contributed by atoms with Crippen LogP contribution in [0.3, 0.4) is 0 Å². The topological polar surface area (TPSA) is 41.6 Å². The van der Waals surface area contributed by atoms with Gasteiger partial charge in [0.05, 0.1) is 17.0 Å². The van der Waals surface area contributed by atoms with Crippen LogP contribution in [0.5, 0.6) is 0 Å². The molecule has 0 unspecified atom stereocenters. The van der Waals surface area contributed by atoms with E-state index >= 15 is 0 Å². The second-order valence-electron chi connectivity index (χ2n) is 5.05. The van der Waals surface area contributed by atoms with E-state index in [0.29, 0.717) is 17.5 Å². The smallest absolute Gasteiger partial charge is 0.125 e. The van der Waals surface area contributed by atoms with Crippen molar-refractivity contribution in [1.29, 1.82) is 5.26 Å². The second kappa shape index (κ2) is 4.29. The third-order valence-corrected chi connectivity index (χ3v) is 3.99. The first-order chi connectivity index (χ1) is 8.74. The number of halogens is 1. The Bertz CT molecular complexity index is 632. The molecule has 1 aliphatic rings. The Morgan fingerprint density at radius 3 is 2.89 bits per heavy atom. The van der Waals surface area contributed by atoms with E-state index in [1.165, 1.54) is 12.8 Å². The molecule has 4 heteroatoms. The monoisotopic (exact) mass is 259 g/mol. The first-order valence-electron chi connectivity index (χ1n) is 6.20. The number of nitriles is 1. The number of alkyl halides is 1. The van der Waals surface area contributed by atoms with Gasteiger partial charge in [0.15, 0.2) is 0 Å². The Balaban J connectivity index is 2.20. The van der Waals surface area contributed by atoms with Crippen molar-refractivity contribution >= 4 is 22.6 Å². The molecule has 0 N–H and O–H groups in total. The van der Waals surface area contributed by atoms with Crippen LogP contribution >= 0.6 is 11.6 Å². The van der Waals surface area contributed by atoms with Gasteiger partial charge in [0.1, 0.15) is 17.4 Å². The van der Waals surface area contributed by atoms with E-state index in [0.717, 1.165) is 22.8 Å². The summed E-state index contributed by atoms with van der Waals surface area (Å²) in [6.45, 7) is 2.26. The Morgan fingerprint density at radius 2 is 2.28 bits per heavy atom. The molecule has 1 aromatic carbocycles. The number of aromatic nitrogens is 2. The van der Waals surface area contributed by atoms with Crippen LogP contribution in [0, 0.1) is 17.2 Å². The number of benzene rings is 1. The summed E-state index contributed by atoms with van der Waals surface area (Å²) in [4.78, 5) is 4.54. The Kier molecular flexibility index (Phi) is 2.76. The molecule has 0 amide bonds. The number of rotatable bonds is 2. The number of para-hydroxylation sites is 1. The summed E-state index contributed by atoms with van der Waals surface area (Å²) < 4.78 is 2.23. The molecule has 1 fully saturated rings. The lowest BCUT2D eigenvalue weighted by Crippen LogP contribution is -2.25. The molecular formula is C14H14ClN3. The minimum absolute atomic E-state index is 0.393. The van der Waals surface area contributed by atoms with E-state index in [1.54, 1.807) is 6.07 Å². The molecular weight excluding hydrogens is 246 g/mol. The van der Waals surface area contributed by atoms with Crippen molar-refractivity contribution in [3.8, 4) is 6.07 Å². The van der Waals surface area contributed by atoms with Crippen molar-refractivity contribution in [2.75, 3.05) is 0 Å². The highest BCUT2D eigenvalue weighted by Gasteiger charge is 2.30. The van der Waals surface area contributed by atoms with Crippen molar-refractivity contribution in [3.05, 3.63) is 29.6 Å². The molecule has 3 nitrogen and oxygen atoms in total. The number of imidazole rings is 1. The summed E-state index contributed by atoms with van der Waals surface area (Å²) in [7, 11) is 0. The van der Waals surface area contributed by atoms with Gasteiger partial charge in [0, 0.05) is 6.04 Å². The summed E-state index contributed by atoms with van der Waals surface area (Å²) in [5, 5.41) is 9.13. The molecule has 2 aromatic rings. The first kappa shape index (κ1) is 11.6. The quantitative estimate of drug-likeness (QED) is 0.773. The van der Waals surface area contributed by atoms with Crippen molar-refractivity contribution in [1.82, 2.24) is 9.55 Å². The van der Waals surface area contributed by atoms with Gasteiger partial charge < -0.3 is 4.57 Å². The van der Waals surface area contributed by atoms with Gasteiger partial charge in [0.25, 0.3) is 0 Å². The molecule has 92 valence electrons. The van der Waals surface area contributed by atoms with Gasteiger partial charge in [-0.3, -0.25) is 0 Å². The predicted molar refractivity (Wildman–Crippen MR) is 71.4 cm³/mol. The molecule has 0 saturated heterocycles. The lowest BCUT2D eigenvalue weighted by molar-refractivity contribution is 0.217. The first-order valence-corrected chi connectivity index (χ1v) is 6.74. The zero-order valence-corrected chi connectivity index (χ0v) is 11.0. The summed E-state index contributed by atoms with van der Waals surface area (Å²) in [5.74, 6) is 2.05. The van der Waals surface area contributed by atoms with E-state index in [2.05, 4.69) is 22.5 Å². The molecule has 1 aromatic heterocycles. The van der Waals surface area contributed by atoms with Gasteiger partial charge in [-0.2, -0.15) is 5.26 Å². The van der Waals surface area contributed by atoms with Gasteiger partial charge >= 0.3 is 0 Å². The van der Waals surface area contributed by atoms with Crippen LogP contribution in [0.1, 0.15) is 37.2 Å². The van der Waals surface area contributed by atoms with Gasteiger partial charge in [-0.15, -0.1) is 11.6 Å². The maximum absolute atomic E-state index is 9.13. The number of fused-ring (bicyclic) bond motifs is 1. The van der Waals surface area contributed by atoms with E-state index in [9.17, 15) is 0 Å². The Labute approximate surface area is 111 Å². The van der Waals surface area contributed by atoms with Gasteiger partial charge in [-0.05, 0) is 30.9 Å². The lowest BCUT2D eigenvalue weighted by atomic mass is 9.81. The van der Waals surface area contributed by atoms with Crippen LogP contribution in [0.25, 0.3) is 11.0 Å². The molecule has 0 atom stereocenters. The molecule has 1 saturated carbocycles. The zero-order chi connectivity index (χ0) is 12.7. The summed E-state index contributed by atoms with van der Waals surface area (Å²) in [6.07, 6.45) is 2.35. The van der Waals surface area contributed by atoms with Crippen LogP contribution in [0.4, 0.5) is 0 Å². The average Bonchev–Trinajstić information content (AvgIpc) is 2.72. The van der Waals surface area contributed by atoms with E-state index < -0.39 is 0 Å². The summed E-state index contributed by atoms with van der Waals surface area (Å²) >= 11 is 5.99. The maximum atomic E-state index is 9.13. The molecule has 1 heterocycles. The maximum Gasteiger partial charge on any atom is 0.125 e. The Morgan fingerprint density at radius 1 is 1.50 bits per heavy atom. The summed E-state index contributed by atoms with van der Waals surface area (Å²) in [6, 6.07) is 8.45. The van der Waals surface area contributed by atoms with Gasteiger partial charge in [-0.25, -0.2) is 4.98 Å². The fourth-order valence-corrected chi connectivity index (χ4v) is 3.02. The SMILES string of the molecule is CC1CC(n2c(CCl)nc3c(C#N)cccc32)C1. The van der Waals surface area contributed by atoms with E-state index in [1.807, 2.05) is 12.1 Å². The molecule has 3 rings (SSSR count). The number of hydrogen-bond acceptors (Lipinski definition) is 2.